The maximum Gasteiger partial charge on any atom is 0.416 e. The van der Waals surface area contributed by atoms with Crippen molar-refractivity contribution in [1.29, 1.82) is 0 Å². The van der Waals surface area contributed by atoms with E-state index >= 15 is 0 Å². The summed E-state index contributed by atoms with van der Waals surface area (Å²) < 4.78 is 42.4. The standard InChI is InChI=1S/C18H15ClF3NO3/c1-26-17(25)15(10-12-4-2-3-5-14(12)19)23-16(24)11-6-8-13(9-7-11)18(20,21)22/h2-9,15H,10H2,1H3,(H,23,24)/t15-/m0/s1. The number of nitrogens with one attached hydrogen (secondary N) is 1. The summed E-state index contributed by atoms with van der Waals surface area (Å²) in [7, 11) is 1.17. The first kappa shape index (κ1) is 19.8. The average Bonchev–Trinajstić information content (AvgIpc) is 2.61. The number of carbonyl (C=O) groups excluding carboxylic acids is 2. The van der Waals surface area contributed by atoms with Gasteiger partial charge in [-0.25, -0.2) is 4.79 Å². The molecule has 138 valence electrons. The van der Waals surface area contributed by atoms with Gasteiger partial charge in [-0.1, -0.05) is 29.8 Å². The van der Waals surface area contributed by atoms with Crippen molar-refractivity contribution in [2.75, 3.05) is 7.11 Å². The molecule has 0 saturated carbocycles. The predicted molar refractivity (Wildman–Crippen MR) is 89.9 cm³/mol. The molecule has 0 spiro atoms. The van der Waals surface area contributed by atoms with Gasteiger partial charge in [-0.05, 0) is 35.9 Å². The molecule has 2 aromatic rings. The van der Waals surface area contributed by atoms with Crippen molar-refractivity contribution >= 4 is 23.5 Å². The monoisotopic (exact) mass is 385 g/mol. The van der Waals surface area contributed by atoms with Crippen molar-refractivity contribution < 1.29 is 27.5 Å². The van der Waals surface area contributed by atoms with E-state index in [1.165, 1.54) is 7.11 Å². The topological polar surface area (TPSA) is 55.4 Å². The Kier molecular flexibility index (Phi) is 6.26. The normalized spacial score (nSPS) is 12.3. The van der Waals surface area contributed by atoms with Gasteiger partial charge in [0.15, 0.2) is 0 Å². The van der Waals surface area contributed by atoms with Gasteiger partial charge >= 0.3 is 12.1 Å². The average molecular weight is 386 g/mol. The van der Waals surface area contributed by atoms with Crippen LogP contribution in [0.4, 0.5) is 13.2 Å². The van der Waals surface area contributed by atoms with Gasteiger partial charge in [0.05, 0.1) is 12.7 Å². The summed E-state index contributed by atoms with van der Waals surface area (Å²) in [6, 6.07) is 9.45. The molecule has 2 rings (SSSR count). The summed E-state index contributed by atoms with van der Waals surface area (Å²) >= 11 is 6.06. The number of ether oxygens (including phenoxy) is 1. The molecule has 26 heavy (non-hydrogen) atoms. The van der Waals surface area contributed by atoms with Gasteiger partial charge in [0, 0.05) is 17.0 Å². The molecule has 0 aliphatic heterocycles. The number of hydrogen-bond acceptors (Lipinski definition) is 3. The maximum absolute atomic E-state index is 12.6. The van der Waals surface area contributed by atoms with Crippen LogP contribution in [0.25, 0.3) is 0 Å². The highest BCUT2D eigenvalue weighted by molar-refractivity contribution is 6.31. The molecule has 0 fully saturated rings. The number of carbonyl (C=O) groups is 2. The lowest BCUT2D eigenvalue weighted by Crippen LogP contribution is -2.43. The molecule has 1 N–H and O–H groups in total. The number of amides is 1. The first-order chi connectivity index (χ1) is 12.2. The van der Waals surface area contributed by atoms with Gasteiger partial charge in [-0.2, -0.15) is 13.2 Å². The lowest BCUT2D eigenvalue weighted by molar-refractivity contribution is -0.142. The summed E-state index contributed by atoms with van der Waals surface area (Å²) in [5.41, 5.74) is -0.252. The van der Waals surface area contributed by atoms with Crippen LogP contribution in [-0.2, 0) is 22.1 Å². The van der Waals surface area contributed by atoms with Gasteiger partial charge in [0.2, 0.25) is 0 Å². The van der Waals surface area contributed by atoms with Crippen molar-refractivity contribution in [2.45, 2.75) is 18.6 Å². The van der Waals surface area contributed by atoms with E-state index in [1.807, 2.05) is 0 Å². The fourth-order valence-electron chi connectivity index (χ4n) is 2.27. The SMILES string of the molecule is COC(=O)[C@H](Cc1ccccc1Cl)NC(=O)c1ccc(C(F)(F)F)cc1. The summed E-state index contributed by atoms with van der Waals surface area (Å²) in [6.45, 7) is 0. The summed E-state index contributed by atoms with van der Waals surface area (Å²) in [4.78, 5) is 24.2. The smallest absolute Gasteiger partial charge is 0.416 e. The highest BCUT2D eigenvalue weighted by Crippen LogP contribution is 2.29. The fraction of sp³-hybridized carbons (Fsp3) is 0.222. The first-order valence-electron chi connectivity index (χ1n) is 7.51. The molecule has 1 atom stereocenters. The van der Waals surface area contributed by atoms with Crippen LogP contribution in [0.5, 0.6) is 0 Å². The Labute approximate surface area is 152 Å². The Hall–Kier alpha value is -2.54. The molecule has 4 nitrogen and oxygen atoms in total. The van der Waals surface area contributed by atoms with E-state index in [2.05, 4.69) is 10.1 Å². The largest absolute Gasteiger partial charge is 0.467 e. The number of hydrogen-bond donors (Lipinski definition) is 1. The predicted octanol–water partition coefficient (Wildman–Crippen LogP) is 3.87. The van der Waals surface area contributed by atoms with E-state index in [0.717, 1.165) is 24.3 Å². The van der Waals surface area contributed by atoms with Crippen LogP contribution >= 0.6 is 11.6 Å². The van der Waals surface area contributed by atoms with E-state index in [0.29, 0.717) is 10.6 Å². The molecule has 0 aromatic heterocycles. The van der Waals surface area contributed by atoms with E-state index in [4.69, 9.17) is 11.6 Å². The first-order valence-corrected chi connectivity index (χ1v) is 7.89. The molecule has 8 heteroatoms. The zero-order valence-electron chi connectivity index (χ0n) is 13.6. The van der Waals surface area contributed by atoms with Crippen LogP contribution in [0.2, 0.25) is 5.02 Å². The molecule has 0 saturated heterocycles. The second-order valence-corrected chi connectivity index (χ2v) is 5.83. The Morgan fingerprint density at radius 2 is 1.73 bits per heavy atom. The fourth-order valence-corrected chi connectivity index (χ4v) is 2.48. The number of benzene rings is 2. The van der Waals surface area contributed by atoms with E-state index in [1.54, 1.807) is 24.3 Å². The minimum atomic E-state index is -4.49. The van der Waals surface area contributed by atoms with Crippen molar-refractivity contribution in [3.05, 3.63) is 70.2 Å². The highest BCUT2D eigenvalue weighted by atomic mass is 35.5. The molecule has 0 radical (unpaired) electrons. The quantitative estimate of drug-likeness (QED) is 0.795. The van der Waals surface area contributed by atoms with Gasteiger partial charge < -0.3 is 10.1 Å². The van der Waals surface area contributed by atoms with Crippen LogP contribution in [0, 0.1) is 0 Å². The van der Waals surface area contributed by atoms with E-state index in [9.17, 15) is 22.8 Å². The Morgan fingerprint density at radius 1 is 1.12 bits per heavy atom. The summed E-state index contributed by atoms with van der Waals surface area (Å²) in [5.74, 6) is -1.38. The highest BCUT2D eigenvalue weighted by Gasteiger charge is 2.30. The lowest BCUT2D eigenvalue weighted by Gasteiger charge is -2.17. The Bertz CT molecular complexity index is 791. The molecular formula is C18H15ClF3NO3. The van der Waals surface area contributed by atoms with Crippen LogP contribution in [-0.4, -0.2) is 25.0 Å². The van der Waals surface area contributed by atoms with Gasteiger partial charge in [0.1, 0.15) is 6.04 Å². The number of rotatable bonds is 5. The number of esters is 1. The molecule has 0 aliphatic rings. The lowest BCUT2D eigenvalue weighted by atomic mass is 10.0. The van der Waals surface area contributed by atoms with Crippen LogP contribution in [0.1, 0.15) is 21.5 Å². The maximum atomic E-state index is 12.6. The van der Waals surface area contributed by atoms with Gasteiger partial charge in [-0.3, -0.25) is 4.79 Å². The molecule has 0 unspecified atom stereocenters. The number of methoxy groups -OCH3 is 1. The molecule has 2 aromatic carbocycles. The van der Waals surface area contributed by atoms with Crippen molar-refractivity contribution in [1.82, 2.24) is 5.32 Å². The molecule has 0 bridgehead atoms. The second kappa shape index (κ2) is 8.23. The summed E-state index contributed by atoms with van der Waals surface area (Å²) in [6.07, 6.45) is -4.41. The third-order valence-electron chi connectivity index (χ3n) is 3.65. The minimum Gasteiger partial charge on any atom is -0.467 e. The van der Waals surface area contributed by atoms with E-state index < -0.39 is 29.7 Å². The van der Waals surface area contributed by atoms with Crippen molar-refractivity contribution in [3.8, 4) is 0 Å². The molecular weight excluding hydrogens is 371 g/mol. The van der Waals surface area contributed by atoms with Crippen molar-refractivity contribution in [2.24, 2.45) is 0 Å². The van der Waals surface area contributed by atoms with Crippen LogP contribution < -0.4 is 5.32 Å². The van der Waals surface area contributed by atoms with E-state index in [-0.39, 0.29) is 12.0 Å². The minimum absolute atomic E-state index is 0.00828. The summed E-state index contributed by atoms with van der Waals surface area (Å²) in [5, 5.41) is 2.89. The number of alkyl halides is 3. The second-order valence-electron chi connectivity index (χ2n) is 5.42. The molecule has 0 aliphatic carbocycles. The molecule has 1 amide bonds. The Morgan fingerprint density at radius 3 is 2.27 bits per heavy atom. The zero-order valence-corrected chi connectivity index (χ0v) is 14.4. The Balaban J connectivity index is 2.16. The van der Waals surface area contributed by atoms with Crippen LogP contribution in [0.15, 0.2) is 48.5 Å². The zero-order chi connectivity index (χ0) is 19.3. The van der Waals surface area contributed by atoms with Crippen molar-refractivity contribution in [3.63, 3.8) is 0 Å². The van der Waals surface area contributed by atoms with Gasteiger partial charge in [0.25, 0.3) is 5.91 Å². The third-order valence-corrected chi connectivity index (χ3v) is 4.02. The third kappa shape index (κ3) is 4.98. The van der Waals surface area contributed by atoms with Gasteiger partial charge in [-0.15, -0.1) is 0 Å². The van der Waals surface area contributed by atoms with Crippen LogP contribution in [0.3, 0.4) is 0 Å². The number of halogens is 4. The molecule has 0 heterocycles.